The van der Waals surface area contributed by atoms with E-state index in [1.54, 1.807) is 23.5 Å². The molecule has 2 aromatic heterocycles. The number of hydrogen-bond donors (Lipinski definition) is 0. The molecular formula is C60H113N5OS8. The number of carbonyl (C=O) groups is 1. The summed E-state index contributed by atoms with van der Waals surface area (Å²) in [7, 11) is 0. The van der Waals surface area contributed by atoms with Crippen LogP contribution in [0.5, 0.6) is 0 Å². The van der Waals surface area contributed by atoms with Crippen molar-refractivity contribution in [3.8, 4) is 0 Å². The highest BCUT2D eigenvalue weighted by Crippen LogP contribution is 2.28. The minimum atomic E-state index is 0.172. The molecule has 0 spiro atoms. The Morgan fingerprint density at radius 3 is 1.08 bits per heavy atom. The Morgan fingerprint density at radius 1 is 0.432 bits per heavy atom. The van der Waals surface area contributed by atoms with Gasteiger partial charge in [0.05, 0.1) is 22.4 Å². The second-order valence-electron chi connectivity index (χ2n) is 22.3. The fraction of sp³-hybridized carbons (Fsp3) is 0.800. The van der Waals surface area contributed by atoms with Gasteiger partial charge in [0.2, 0.25) is 0 Å². The highest BCUT2D eigenvalue weighted by molar-refractivity contribution is 8.01. The molecule has 3 rings (SSSR count). The number of nitrogens with zero attached hydrogens (tertiary/aromatic N) is 5. The molecule has 0 radical (unpaired) electrons. The molecule has 3 aromatic rings. The van der Waals surface area contributed by atoms with Crippen LogP contribution in [0.2, 0.25) is 0 Å². The molecule has 14 heteroatoms. The highest BCUT2D eigenvalue weighted by atomic mass is 32.2. The van der Waals surface area contributed by atoms with Crippen LogP contribution in [0.15, 0.2) is 28.5 Å². The molecule has 6 nitrogen and oxygen atoms in total. The Kier molecular flexibility index (Phi) is 49.5. The van der Waals surface area contributed by atoms with Crippen LogP contribution >= 0.6 is 94.1 Å². The Bertz CT molecular complexity index is 1760. The van der Waals surface area contributed by atoms with E-state index in [0.717, 1.165) is 89.5 Å². The molecule has 0 aliphatic heterocycles. The topological polar surface area (TPSA) is 81.5 Å². The smallest absolute Gasteiger partial charge is 0.191 e. The van der Waals surface area contributed by atoms with Crippen molar-refractivity contribution in [2.45, 2.75) is 252 Å². The van der Waals surface area contributed by atoms with Gasteiger partial charge in [-0.15, -0.1) is 0 Å². The zero-order chi connectivity index (χ0) is 57.7. The number of Topliss-reactive ketones (excluding diaryl/α,β-unsaturated/α-hetero) is 1. The molecule has 0 bridgehead atoms. The van der Waals surface area contributed by atoms with E-state index in [2.05, 4.69) is 206 Å². The van der Waals surface area contributed by atoms with Gasteiger partial charge < -0.3 is 0 Å². The van der Waals surface area contributed by atoms with E-state index < -0.39 is 0 Å². The molecule has 0 atom stereocenters. The Balaban J connectivity index is -0.000000898. The summed E-state index contributed by atoms with van der Waals surface area (Å²) in [6.45, 7) is 59.0. The van der Waals surface area contributed by atoms with Crippen LogP contribution in [0.3, 0.4) is 0 Å². The molecule has 0 amide bonds. The van der Waals surface area contributed by atoms with Crippen LogP contribution in [-0.2, 0) is 16.3 Å². The van der Waals surface area contributed by atoms with Crippen molar-refractivity contribution in [3.05, 3.63) is 41.0 Å². The second-order valence-corrected chi connectivity index (χ2v) is 34.4. The standard InChI is InChI=1S/C19H28N2S2.C14H25N3S2.C13H26OS2.2C5H12S.C4H10/c1-12(2)15-7-8-16-17(9-15)21-19(11-23-14(5)6)18(20-16)10-22-13(3)4;1-9(2)7-18-13-15-12(11(5)6)16-14(17-13)19-8-10(3)4;1-9(2)13(14)12(7-15-10(3)4)8-16-11(5)6;2*1-4-6-5(2)3;1-4(2)3/h7-9,12-14H,10-11H2,1-6H3;9-11H,7-8H2,1-6H3;9-12H,7-8H2,1-6H3;2*5H,4H2,1-3H3;4H,1-3H3. The number of hydrogen-bond acceptors (Lipinski definition) is 14. The predicted octanol–water partition coefficient (Wildman–Crippen LogP) is 20.6. The molecule has 0 fully saturated rings. The summed E-state index contributed by atoms with van der Waals surface area (Å²) in [5.41, 5.74) is 5.70. The lowest BCUT2D eigenvalue weighted by Gasteiger charge is -2.19. The first kappa shape index (κ1) is 78.3. The lowest BCUT2D eigenvalue weighted by atomic mass is 9.99. The lowest BCUT2D eigenvalue weighted by Crippen LogP contribution is -2.25. The summed E-state index contributed by atoms with van der Waals surface area (Å²) in [4.78, 5) is 35.6. The van der Waals surface area contributed by atoms with Crippen molar-refractivity contribution in [3.63, 3.8) is 0 Å². The van der Waals surface area contributed by atoms with Gasteiger partial charge in [-0.05, 0) is 84.4 Å². The van der Waals surface area contributed by atoms with Crippen LogP contribution < -0.4 is 0 Å². The molecule has 0 N–H and O–H groups in total. The van der Waals surface area contributed by atoms with Crippen LogP contribution in [-0.4, -0.2) is 96.7 Å². The number of benzene rings is 1. The molecule has 0 saturated heterocycles. The number of thioether (sulfide) groups is 8. The molecule has 0 saturated carbocycles. The third kappa shape index (κ3) is 45.9. The van der Waals surface area contributed by atoms with Gasteiger partial charge in [0.15, 0.2) is 10.3 Å². The van der Waals surface area contributed by atoms with Crippen LogP contribution in [0.25, 0.3) is 11.0 Å². The molecule has 0 aliphatic rings. The van der Waals surface area contributed by atoms with Crippen LogP contribution in [0.1, 0.15) is 222 Å². The van der Waals surface area contributed by atoms with Gasteiger partial charge in [-0.1, -0.05) is 217 Å². The third-order valence-corrected chi connectivity index (χ3v) is 18.4. The number of aromatic nitrogens is 5. The molecule has 74 heavy (non-hydrogen) atoms. The minimum absolute atomic E-state index is 0.172. The lowest BCUT2D eigenvalue weighted by molar-refractivity contribution is -0.124. The minimum Gasteiger partial charge on any atom is -0.299 e. The first-order valence-electron chi connectivity index (χ1n) is 27.9. The summed E-state index contributed by atoms with van der Waals surface area (Å²) in [6.07, 6.45) is 0. The molecular weight excluding hydrogens is 1060 g/mol. The molecule has 2 heterocycles. The van der Waals surface area contributed by atoms with Crippen molar-refractivity contribution in [1.29, 1.82) is 0 Å². The molecule has 0 aliphatic carbocycles. The SMILES string of the molecule is CC(C)C.CC(C)CSc1nc(SCC(C)C)nc(C(C)C)n1.CC(C)SCC(CSC(C)C)C(=O)C(C)C.CC(C)SCc1nc2ccc(C(C)C)cc2nc1CSC(C)C.CCSC(C)C.CCSC(C)C. The number of carbonyl (C=O) groups excluding carboxylic acids is 1. The Morgan fingerprint density at radius 2 is 0.797 bits per heavy atom. The monoisotopic (exact) mass is 1180 g/mol. The molecule has 1 aromatic carbocycles. The van der Waals surface area contributed by atoms with Gasteiger partial charge in [-0.2, -0.15) is 75.6 Å². The van der Waals surface area contributed by atoms with Crippen molar-refractivity contribution in [2.24, 2.45) is 29.6 Å². The zero-order valence-electron chi connectivity index (χ0n) is 52.3. The first-order valence-corrected chi connectivity index (χ1v) is 36.2. The first-order chi connectivity index (χ1) is 34.4. The summed E-state index contributed by atoms with van der Waals surface area (Å²) in [5, 5.41) is 5.84. The van der Waals surface area contributed by atoms with Gasteiger partial charge >= 0.3 is 0 Å². The largest absolute Gasteiger partial charge is 0.299 e. The van der Waals surface area contributed by atoms with Crippen molar-refractivity contribution in [1.82, 2.24) is 24.9 Å². The maximum atomic E-state index is 12.0. The van der Waals surface area contributed by atoms with Gasteiger partial charge in [0, 0.05) is 52.3 Å². The van der Waals surface area contributed by atoms with Crippen LogP contribution in [0, 0.1) is 29.6 Å². The van der Waals surface area contributed by atoms with Gasteiger partial charge in [0.1, 0.15) is 11.6 Å². The fourth-order valence-corrected chi connectivity index (χ4v) is 11.8. The van der Waals surface area contributed by atoms with E-state index >= 15 is 0 Å². The van der Waals surface area contributed by atoms with Crippen LogP contribution in [0.4, 0.5) is 0 Å². The van der Waals surface area contributed by atoms with Gasteiger partial charge in [-0.25, -0.2) is 19.9 Å². The Hall–Kier alpha value is 0.0400. The number of ketones is 1. The second kappa shape index (κ2) is 46.8. The predicted molar refractivity (Wildman–Crippen MR) is 357 cm³/mol. The third-order valence-electron chi connectivity index (χ3n) is 9.07. The number of rotatable bonds is 26. The van der Waals surface area contributed by atoms with Crippen molar-refractivity contribution < 1.29 is 4.79 Å². The molecule has 0 unspecified atom stereocenters. The highest BCUT2D eigenvalue weighted by Gasteiger charge is 2.22. The van der Waals surface area contributed by atoms with E-state index in [9.17, 15) is 4.79 Å². The summed E-state index contributed by atoms with van der Waals surface area (Å²) in [5.74, 6) is 13.2. The van der Waals surface area contributed by atoms with Crippen molar-refractivity contribution >= 4 is 111 Å². The van der Waals surface area contributed by atoms with Crippen molar-refractivity contribution in [2.75, 3.05) is 34.5 Å². The summed E-state index contributed by atoms with van der Waals surface area (Å²) < 4.78 is 0. The number of fused-ring (bicyclic) bond motifs is 1. The zero-order valence-corrected chi connectivity index (χ0v) is 58.8. The fourth-order valence-electron chi connectivity index (χ4n) is 5.42. The van der Waals surface area contributed by atoms with E-state index in [0.29, 0.717) is 50.5 Å². The van der Waals surface area contributed by atoms with Gasteiger partial charge in [-0.3, -0.25) is 4.79 Å². The van der Waals surface area contributed by atoms with E-state index in [1.807, 2.05) is 84.4 Å². The molecule has 432 valence electrons. The summed E-state index contributed by atoms with van der Waals surface area (Å²) in [6, 6.07) is 6.51. The van der Waals surface area contributed by atoms with E-state index in [1.165, 1.54) is 17.1 Å². The quantitative estimate of drug-likeness (QED) is 0.0716. The van der Waals surface area contributed by atoms with E-state index in [4.69, 9.17) is 9.97 Å². The van der Waals surface area contributed by atoms with E-state index in [-0.39, 0.29) is 11.8 Å². The maximum absolute atomic E-state index is 12.0. The summed E-state index contributed by atoms with van der Waals surface area (Å²) >= 11 is 15.1. The average Bonchev–Trinajstić information content (AvgIpc) is 3.28. The Labute approximate surface area is 493 Å². The maximum Gasteiger partial charge on any atom is 0.191 e. The normalized spacial score (nSPS) is 11.5. The average molecular weight is 1180 g/mol. The van der Waals surface area contributed by atoms with Gasteiger partial charge in [0.25, 0.3) is 0 Å².